The molecule has 6 heteroatoms. The van der Waals surface area contributed by atoms with Crippen LogP contribution >= 0.6 is 15.9 Å². The third-order valence-corrected chi connectivity index (χ3v) is 3.72. The lowest BCUT2D eigenvalue weighted by molar-refractivity contribution is -0.142. The van der Waals surface area contributed by atoms with Gasteiger partial charge in [-0.1, -0.05) is 34.1 Å². The fourth-order valence-electron chi connectivity index (χ4n) is 2.06. The lowest BCUT2D eigenvalue weighted by Gasteiger charge is -2.17. The molecule has 0 aliphatic carbocycles. The van der Waals surface area contributed by atoms with E-state index in [4.69, 9.17) is 4.74 Å². The third kappa shape index (κ3) is 4.89. The molecule has 2 rings (SSSR count). The molecule has 23 heavy (non-hydrogen) atoms. The summed E-state index contributed by atoms with van der Waals surface area (Å²) >= 11 is 3.29. The Morgan fingerprint density at radius 3 is 2.52 bits per heavy atom. The molecule has 0 aliphatic heterocycles. The van der Waals surface area contributed by atoms with Gasteiger partial charge in [0.15, 0.2) is 0 Å². The van der Waals surface area contributed by atoms with E-state index in [0.717, 1.165) is 10.0 Å². The Morgan fingerprint density at radius 2 is 1.91 bits per heavy atom. The normalized spacial score (nSPS) is 11.6. The number of hydrogen-bond donors (Lipinski definition) is 1. The average Bonchev–Trinajstić information content (AvgIpc) is 2.55. The molecule has 1 amide bonds. The van der Waals surface area contributed by atoms with Crippen molar-refractivity contribution >= 4 is 27.8 Å². The molecule has 0 spiro atoms. The summed E-state index contributed by atoms with van der Waals surface area (Å²) in [5, 5.41) is 2.65. The monoisotopic (exact) mass is 379 g/mol. The molecular weight excluding hydrogens is 365 g/mol. The second-order valence-electron chi connectivity index (χ2n) is 4.89. The molecule has 0 fully saturated rings. The molecule has 0 heterocycles. The van der Waals surface area contributed by atoms with Crippen molar-refractivity contribution < 1.29 is 18.7 Å². The molecule has 4 nitrogen and oxygen atoms in total. The van der Waals surface area contributed by atoms with Gasteiger partial charge in [0, 0.05) is 16.5 Å². The molecule has 1 atom stereocenters. The smallest absolute Gasteiger partial charge is 0.328 e. The first-order valence-corrected chi connectivity index (χ1v) is 7.67. The van der Waals surface area contributed by atoms with Crippen molar-refractivity contribution in [2.24, 2.45) is 0 Å². The number of carbonyl (C=O) groups is 2. The Hall–Kier alpha value is -2.21. The van der Waals surface area contributed by atoms with Crippen molar-refractivity contribution in [2.75, 3.05) is 7.11 Å². The van der Waals surface area contributed by atoms with Crippen LogP contribution in [0.25, 0.3) is 0 Å². The van der Waals surface area contributed by atoms with Gasteiger partial charge in [-0.3, -0.25) is 4.79 Å². The van der Waals surface area contributed by atoms with E-state index in [1.165, 1.54) is 19.2 Å². The second-order valence-corrected chi connectivity index (χ2v) is 5.81. The van der Waals surface area contributed by atoms with E-state index in [2.05, 4.69) is 21.2 Å². The molecule has 0 saturated carbocycles. The Balaban J connectivity index is 2.13. The summed E-state index contributed by atoms with van der Waals surface area (Å²) in [7, 11) is 1.26. The summed E-state index contributed by atoms with van der Waals surface area (Å²) in [6.45, 7) is 0. The highest BCUT2D eigenvalue weighted by Crippen LogP contribution is 2.12. The number of carbonyl (C=O) groups excluding carboxylic acids is 2. The third-order valence-electron chi connectivity index (χ3n) is 3.23. The predicted molar refractivity (Wildman–Crippen MR) is 87.5 cm³/mol. The van der Waals surface area contributed by atoms with Crippen molar-refractivity contribution in [1.82, 2.24) is 5.32 Å². The zero-order valence-corrected chi connectivity index (χ0v) is 14.0. The van der Waals surface area contributed by atoms with Crippen LogP contribution in [0.5, 0.6) is 0 Å². The van der Waals surface area contributed by atoms with E-state index in [0.29, 0.717) is 5.56 Å². The molecule has 120 valence electrons. The van der Waals surface area contributed by atoms with E-state index < -0.39 is 12.0 Å². The quantitative estimate of drug-likeness (QED) is 0.812. The number of benzene rings is 2. The van der Waals surface area contributed by atoms with Crippen LogP contribution in [0.15, 0.2) is 53.0 Å². The van der Waals surface area contributed by atoms with E-state index in [9.17, 15) is 14.0 Å². The number of amides is 1. The molecule has 0 saturated heterocycles. The summed E-state index contributed by atoms with van der Waals surface area (Å²) in [6, 6.07) is 11.7. The molecule has 1 N–H and O–H groups in total. The highest BCUT2D eigenvalue weighted by Gasteiger charge is 2.22. The maximum Gasteiger partial charge on any atom is 0.328 e. The van der Waals surface area contributed by atoms with Gasteiger partial charge >= 0.3 is 5.97 Å². The Bertz CT molecular complexity index is 703. The summed E-state index contributed by atoms with van der Waals surface area (Å²) < 4.78 is 18.4. The van der Waals surface area contributed by atoms with Crippen LogP contribution in [0.1, 0.15) is 15.9 Å². The van der Waals surface area contributed by atoms with Crippen molar-refractivity contribution in [3.05, 3.63) is 69.9 Å². The average molecular weight is 380 g/mol. The summed E-state index contributed by atoms with van der Waals surface area (Å²) in [5.41, 5.74) is 1.14. The predicted octanol–water partition coefficient (Wildman–Crippen LogP) is 3.10. The fraction of sp³-hybridized carbons (Fsp3) is 0.176. The number of nitrogens with one attached hydrogen (secondary N) is 1. The Labute approximate surface area is 141 Å². The van der Waals surface area contributed by atoms with Crippen molar-refractivity contribution in [3.8, 4) is 0 Å². The summed E-state index contributed by atoms with van der Waals surface area (Å²) in [4.78, 5) is 24.2. The van der Waals surface area contributed by atoms with Gasteiger partial charge in [0.05, 0.1) is 7.11 Å². The number of methoxy groups -OCH3 is 1. The minimum Gasteiger partial charge on any atom is -0.467 e. The number of halogens is 2. The van der Waals surface area contributed by atoms with E-state index in [-0.39, 0.29) is 18.1 Å². The Kier molecular flexibility index (Phi) is 5.87. The SMILES string of the molecule is COC(=O)[C@H](Cc1ccc(F)cc1)NC(=O)c1cccc(Br)c1. The summed E-state index contributed by atoms with van der Waals surface area (Å²) in [5.74, 6) is -1.30. The van der Waals surface area contributed by atoms with Gasteiger partial charge in [-0.05, 0) is 35.9 Å². The molecular formula is C17H15BrFNO3. The van der Waals surface area contributed by atoms with E-state index >= 15 is 0 Å². The van der Waals surface area contributed by atoms with Gasteiger partial charge < -0.3 is 10.1 Å². The number of ether oxygens (including phenoxy) is 1. The zero-order chi connectivity index (χ0) is 16.8. The van der Waals surface area contributed by atoms with Crippen LogP contribution in [-0.4, -0.2) is 25.0 Å². The Morgan fingerprint density at radius 1 is 1.22 bits per heavy atom. The maximum atomic E-state index is 13.0. The van der Waals surface area contributed by atoms with Gasteiger partial charge in [0.2, 0.25) is 0 Å². The van der Waals surface area contributed by atoms with Crippen LogP contribution < -0.4 is 5.32 Å². The van der Waals surface area contributed by atoms with Gasteiger partial charge in [-0.2, -0.15) is 0 Å². The van der Waals surface area contributed by atoms with Crippen LogP contribution in [0.4, 0.5) is 4.39 Å². The van der Waals surface area contributed by atoms with Crippen LogP contribution in [0, 0.1) is 5.82 Å². The fourth-order valence-corrected chi connectivity index (χ4v) is 2.46. The molecule has 2 aromatic carbocycles. The zero-order valence-electron chi connectivity index (χ0n) is 12.4. The first-order chi connectivity index (χ1) is 11.0. The molecule has 0 bridgehead atoms. The van der Waals surface area contributed by atoms with Crippen molar-refractivity contribution in [1.29, 1.82) is 0 Å². The van der Waals surface area contributed by atoms with Crippen LogP contribution in [0.2, 0.25) is 0 Å². The highest BCUT2D eigenvalue weighted by molar-refractivity contribution is 9.10. The lowest BCUT2D eigenvalue weighted by atomic mass is 10.1. The summed E-state index contributed by atoms with van der Waals surface area (Å²) in [6.07, 6.45) is 0.215. The van der Waals surface area contributed by atoms with Crippen molar-refractivity contribution in [2.45, 2.75) is 12.5 Å². The molecule has 0 unspecified atom stereocenters. The van der Waals surface area contributed by atoms with Gasteiger partial charge in [0.1, 0.15) is 11.9 Å². The number of esters is 1. The van der Waals surface area contributed by atoms with Gasteiger partial charge in [-0.25, -0.2) is 9.18 Å². The van der Waals surface area contributed by atoms with E-state index in [1.807, 2.05) is 0 Å². The number of hydrogen-bond acceptors (Lipinski definition) is 3. The highest BCUT2D eigenvalue weighted by atomic mass is 79.9. The minimum atomic E-state index is -0.850. The molecule has 0 radical (unpaired) electrons. The second kappa shape index (κ2) is 7.87. The first-order valence-electron chi connectivity index (χ1n) is 6.88. The largest absolute Gasteiger partial charge is 0.467 e. The number of rotatable bonds is 5. The molecule has 0 aromatic heterocycles. The standard InChI is InChI=1S/C17H15BrFNO3/c1-23-17(22)15(9-11-5-7-14(19)8-6-11)20-16(21)12-3-2-4-13(18)10-12/h2-8,10,15H,9H2,1H3,(H,20,21)/t15-/m0/s1. The maximum absolute atomic E-state index is 13.0. The van der Waals surface area contributed by atoms with Crippen molar-refractivity contribution in [3.63, 3.8) is 0 Å². The van der Waals surface area contributed by atoms with Gasteiger partial charge in [0.25, 0.3) is 5.91 Å². The van der Waals surface area contributed by atoms with Crippen LogP contribution in [-0.2, 0) is 16.0 Å². The van der Waals surface area contributed by atoms with E-state index in [1.54, 1.807) is 36.4 Å². The lowest BCUT2D eigenvalue weighted by Crippen LogP contribution is -2.43. The molecule has 2 aromatic rings. The topological polar surface area (TPSA) is 55.4 Å². The molecule has 0 aliphatic rings. The van der Waals surface area contributed by atoms with Gasteiger partial charge in [-0.15, -0.1) is 0 Å². The minimum absolute atomic E-state index is 0.215. The van der Waals surface area contributed by atoms with Crippen LogP contribution in [0.3, 0.4) is 0 Å². The first kappa shape index (κ1) is 17.1.